The van der Waals surface area contributed by atoms with Crippen LogP contribution in [-0.2, 0) is 0 Å². The molecule has 0 radical (unpaired) electrons. The number of aliphatic hydroxyl groups excluding tert-OH is 1. The molecule has 0 amide bonds. The van der Waals surface area contributed by atoms with E-state index in [1.54, 1.807) is 7.11 Å². The van der Waals surface area contributed by atoms with Gasteiger partial charge >= 0.3 is 0 Å². The van der Waals surface area contributed by atoms with Gasteiger partial charge in [0.1, 0.15) is 11.5 Å². The molecule has 0 heterocycles. The molecule has 0 spiro atoms. The predicted octanol–water partition coefficient (Wildman–Crippen LogP) is 2.48. The number of ether oxygens (including phenoxy) is 2. The molecule has 3 nitrogen and oxygen atoms in total. The summed E-state index contributed by atoms with van der Waals surface area (Å²) in [6.45, 7) is 4.83. The predicted molar refractivity (Wildman–Crippen MR) is 64.0 cm³/mol. The van der Waals surface area contributed by atoms with E-state index in [0.29, 0.717) is 6.61 Å². The van der Waals surface area contributed by atoms with E-state index in [4.69, 9.17) is 14.6 Å². The Hall–Kier alpha value is -1.22. The summed E-state index contributed by atoms with van der Waals surface area (Å²) >= 11 is 0. The molecular formula is C13H20O3. The standard InChI is InChI=1S/C13H20O3/c1-13(2,10-14)8-9-16-12-6-4-11(15-3)5-7-12/h4-7,14H,8-10H2,1-3H3. The summed E-state index contributed by atoms with van der Waals surface area (Å²) in [5.74, 6) is 1.65. The largest absolute Gasteiger partial charge is 0.497 e. The first-order valence-corrected chi connectivity index (χ1v) is 5.45. The topological polar surface area (TPSA) is 38.7 Å². The normalized spacial score (nSPS) is 11.2. The van der Waals surface area contributed by atoms with E-state index in [9.17, 15) is 0 Å². The zero-order valence-corrected chi connectivity index (χ0v) is 10.2. The van der Waals surface area contributed by atoms with Crippen LogP contribution in [0, 0.1) is 5.41 Å². The fourth-order valence-electron chi connectivity index (χ4n) is 1.20. The van der Waals surface area contributed by atoms with Gasteiger partial charge in [-0.25, -0.2) is 0 Å². The molecule has 1 aromatic carbocycles. The maximum Gasteiger partial charge on any atom is 0.119 e. The van der Waals surface area contributed by atoms with Gasteiger partial charge in [0.2, 0.25) is 0 Å². The lowest BCUT2D eigenvalue weighted by Gasteiger charge is -2.21. The van der Waals surface area contributed by atoms with Crippen LogP contribution in [0.3, 0.4) is 0 Å². The molecule has 16 heavy (non-hydrogen) atoms. The van der Waals surface area contributed by atoms with Gasteiger partial charge in [0.15, 0.2) is 0 Å². The van der Waals surface area contributed by atoms with E-state index >= 15 is 0 Å². The summed E-state index contributed by atoms with van der Waals surface area (Å²) in [4.78, 5) is 0. The Morgan fingerprint density at radius 1 is 1.12 bits per heavy atom. The third-order valence-electron chi connectivity index (χ3n) is 2.54. The summed E-state index contributed by atoms with van der Waals surface area (Å²) in [6, 6.07) is 7.49. The number of aliphatic hydroxyl groups is 1. The Morgan fingerprint density at radius 3 is 2.19 bits per heavy atom. The minimum absolute atomic E-state index is 0.0769. The second-order valence-corrected chi connectivity index (χ2v) is 4.60. The Labute approximate surface area is 97.0 Å². The summed E-state index contributed by atoms with van der Waals surface area (Å²) in [5.41, 5.74) is -0.0769. The average Bonchev–Trinajstić information content (AvgIpc) is 2.30. The maximum absolute atomic E-state index is 9.09. The minimum Gasteiger partial charge on any atom is -0.497 e. The van der Waals surface area contributed by atoms with Crippen molar-refractivity contribution >= 4 is 0 Å². The molecule has 0 aliphatic rings. The van der Waals surface area contributed by atoms with Gasteiger partial charge in [0.05, 0.1) is 13.7 Å². The van der Waals surface area contributed by atoms with Crippen LogP contribution in [0.25, 0.3) is 0 Å². The molecule has 90 valence electrons. The molecule has 0 unspecified atom stereocenters. The highest BCUT2D eigenvalue weighted by atomic mass is 16.5. The van der Waals surface area contributed by atoms with Gasteiger partial charge in [-0.1, -0.05) is 13.8 Å². The summed E-state index contributed by atoms with van der Waals surface area (Å²) < 4.78 is 10.6. The van der Waals surface area contributed by atoms with Crippen molar-refractivity contribution in [2.75, 3.05) is 20.3 Å². The second-order valence-electron chi connectivity index (χ2n) is 4.60. The number of benzene rings is 1. The Balaban J connectivity index is 2.37. The van der Waals surface area contributed by atoms with Crippen LogP contribution >= 0.6 is 0 Å². The van der Waals surface area contributed by atoms with Crippen molar-refractivity contribution in [3.05, 3.63) is 24.3 Å². The van der Waals surface area contributed by atoms with Crippen LogP contribution in [-0.4, -0.2) is 25.4 Å². The number of hydrogen-bond acceptors (Lipinski definition) is 3. The van der Waals surface area contributed by atoms with Crippen molar-refractivity contribution in [1.82, 2.24) is 0 Å². The lowest BCUT2D eigenvalue weighted by atomic mass is 9.91. The van der Waals surface area contributed by atoms with Crippen LogP contribution in [0.5, 0.6) is 11.5 Å². The third-order valence-corrected chi connectivity index (χ3v) is 2.54. The minimum atomic E-state index is -0.0769. The summed E-state index contributed by atoms with van der Waals surface area (Å²) in [5, 5.41) is 9.09. The van der Waals surface area contributed by atoms with Crippen LogP contribution in [0.4, 0.5) is 0 Å². The highest BCUT2D eigenvalue weighted by Crippen LogP contribution is 2.21. The van der Waals surface area contributed by atoms with E-state index in [1.165, 1.54) is 0 Å². The Bertz CT molecular complexity index is 303. The molecule has 3 heteroatoms. The van der Waals surface area contributed by atoms with E-state index in [0.717, 1.165) is 17.9 Å². The summed E-state index contributed by atoms with van der Waals surface area (Å²) in [7, 11) is 1.64. The van der Waals surface area contributed by atoms with Crippen molar-refractivity contribution in [2.24, 2.45) is 5.41 Å². The van der Waals surface area contributed by atoms with Crippen LogP contribution in [0.15, 0.2) is 24.3 Å². The van der Waals surface area contributed by atoms with Crippen LogP contribution < -0.4 is 9.47 Å². The lowest BCUT2D eigenvalue weighted by Crippen LogP contribution is -2.19. The molecule has 0 aromatic heterocycles. The SMILES string of the molecule is COc1ccc(OCCC(C)(C)CO)cc1. The van der Waals surface area contributed by atoms with Crippen molar-refractivity contribution in [2.45, 2.75) is 20.3 Å². The highest BCUT2D eigenvalue weighted by Gasteiger charge is 2.15. The van der Waals surface area contributed by atoms with Crippen molar-refractivity contribution in [1.29, 1.82) is 0 Å². The molecule has 0 atom stereocenters. The molecular weight excluding hydrogens is 204 g/mol. The van der Waals surface area contributed by atoms with Crippen molar-refractivity contribution < 1.29 is 14.6 Å². The van der Waals surface area contributed by atoms with Gasteiger partial charge < -0.3 is 14.6 Å². The Kier molecular flexibility index (Phi) is 4.62. The number of hydrogen-bond donors (Lipinski definition) is 1. The third kappa shape index (κ3) is 4.11. The molecule has 1 rings (SSSR count). The van der Waals surface area contributed by atoms with Gasteiger partial charge in [-0.3, -0.25) is 0 Å². The molecule has 0 fully saturated rings. The molecule has 0 saturated heterocycles. The van der Waals surface area contributed by atoms with Crippen LogP contribution in [0.1, 0.15) is 20.3 Å². The summed E-state index contributed by atoms with van der Waals surface area (Å²) in [6.07, 6.45) is 0.829. The van der Waals surface area contributed by atoms with E-state index < -0.39 is 0 Å². The second kappa shape index (κ2) is 5.75. The fourth-order valence-corrected chi connectivity index (χ4v) is 1.20. The van der Waals surface area contributed by atoms with Gasteiger partial charge in [-0.2, -0.15) is 0 Å². The number of methoxy groups -OCH3 is 1. The molecule has 0 saturated carbocycles. The zero-order chi connectivity index (χ0) is 12.0. The van der Waals surface area contributed by atoms with Gasteiger partial charge in [0.25, 0.3) is 0 Å². The monoisotopic (exact) mass is 224 g/mol. The average molecular weight is 224 g/mol. The van der Waals surface area contributed by atoms with Crippen molar-refractivity contribution in [3.8, 4) is 11.5 Å². The highest BCUT2D eigenvalue weighted by molar-refractivity contribution is 5.31. The van der Waals surface area contributed by atoms with Crippen molar-refractivity contribution in [3.63, 3.8) is 0 Å². The van der Waals surface area contributed by atoms with Gasteiger partial charge in [0, 0.05) is 6.61 Å². The first-order chi connectivity index (χ1) is 7.57. The maximum atomic E-state index is 9.09. The zero-order valence-electron chi connectivity index (χ0n) is 10.2. The van der Waals surface area contributed by atoms with Crippen LogP contribution in [0.2, 0.25) is 0 Å². The van der Waals surface area contributed by atoms with E-state index in [1.807, 2.05) is 38.1 Å². The van der Waals surface area contributed by atoms with Gasteiger partial charge in [-0.15, -0.1) is 0 Å². The molecule has 1 N–H and O–H groups in total. The Morgan fingerprint density at radius 2 is 1.69 bits per heavy atom. The molecule has 0 aliphatic carbocycles. The first kappa shape index (κ1) is 12.8. The fraction of sp³-hybridized carbons (Fsp3) is 0.538. The van der Waals surface area contributed by atoms with Gasteiger partial charge in [-0.05, 0) is 36.1 Å². The van der Waals surface area contributed by atoms with E-state index in [-0.39, 0.29) is 12.0 Å². The first-order valence-electron chi connectivity index (χ1n) is 5.45. The molecule has 0 aliphatic heterocycles. The van der Waals surface area contributed by atoms with E-state index in [2.05, 4.69) is 0 Å². The lowest BCUT2D eigenvalue weighted by molar-refractivity contribution is 0.128. The number of rotatable bonds is 6. The molecule has 1 aromatic rings. The molecule has 0 bridgehead atoms. The quantitative estimate of drug-likeness (QED) is 0.806. The smallest absolute Gasteiger partial charge is 0.119 e.